The highest BCUT2D eigenvalue weighted by molar-refractivity contribution is 5.91. The van der Waals surface area contributed by atoms with Crippen LogP contribution in [0.3, 0.4) is 0 Å². The van der Waals surface area contributed by atoms with Crippen molar-refractivity contribution in [1.82, 2.24) is 9.80 Å². The Morgan fingerprint density at radius 3 is 3.04 bits per heavy atom. The molecule has 0 saturated carbocycles. The van der Waals surface area contributed by atoms with E-state index in [4.69, 9.17) is 9.47 Å². The second kappa shape index (κ2) is 5.46. The fourth-order valence-corrected chi connectivity index (χ4v) is 4.32. The van der Waals surface area contributed by atoms with Crippen LogP contribution in [0.5, 0.6) is 5.75 Å². The molecule has 3 aliphatic heterocycles. The van der Waals surface area contributed by atoms with Crippen LogP contribution < -0.4 is 4.74 Å². The van der Waals surface area contributed by atoms with E-state index in [1.165, 1.54) is 7.11 Å². The van der Waals surface area contributed by atoms with E-state index < -0.39 is 11.7 Å². The van der Waals surface area contributed by atoms with Gasteiger partial charge in [-0.3, -0.25) is 9.69 Å². The average molecular weight is 332 g/mol. The number of carbonyl (C=O) groups is 2. The fraction of sp³-hybridized carbons (Fsp3) is 0.529. The molecule has 7 heteroatoms. The standard InChI is InChI=1S/C17H20N2O5/c1-23-13-3-2-11(8-12(13)16(21)22)10-18-5-4-17-14(18)9-15(20)19(17)6-7-24-17/h2-3,8,14H,4-7,9-10H2,1H3,(H,21,22)/t14-,17+/m1/s1. The number of amides is 1. The van der Waals surface area contributed by atoms with E-state index in [1.807, 2.05) is 11.0 Å². The maximum absolute atomic E-state index is 12.2. The van der Waals surface area contributed by atoms with Gasteiger partial charge in [-0.15, -0.1) is 0 Å². The number of benzene rings is 1. The Bertz CT molecular complexity index is 706. The van der Waals surface area contributed by atoms with E-state index in [0.717, 1.165) is 18.5 Å². The lowest BCUT2D eigenvalue weighted by molar-refractivity contribution is -0.136. The number of carbonyl (C=O) groups excluding carboxylic acids is 1. The summed E-state index contributed by atoms with van der Waals surface area (Å²) in [5.41, 5.74) is 0.596. The smallest absolute Gasteiger partial charge is 0.339 e. The molecule has 1 spiro atoms. The van der Waals surface area contributed by atoms with E-state index in [9.17, 15) is 14.7 Å². The predicted molar refractivity (Wildman–Crippen MR) is 83.8 cm³/mol. The van der Waals surface area contributed by atoms with Crippen LogP contribution in [0.15, 0.2) is 18.2 Å². The zero-order chi connectivity index (χ0) is 16.9. The highest BCUT2D eigenvalue weighted by atomic mass is 16.5. The molecule has 0 aromatic heterocycles. The van der Waals surface area contributed by atoms with Crippen molar-refractivity contribution < 1.29 is 24.2 Å². The lowest BCUT2D eigenvalue weighted by Crippen LogP contribution is -2.47. The van der Waals surface area contributed by atoms with Crippen LogP contribution in [0, 0.1) is 0 Å². The third kappa shape index (κ3) is 2.12. The largest absolute Gasteiger partial charge is 0.496 e. The van der Waals surface area contributed by atoms with Crippen molar-refractivity contribution in [2.24, 2.45) is 0 Å². The van der Waals surface area contributed by atoms with Crippen molar-refractivity contribution in [3.05, 3.63) is 29.3 Å². The summed E-state index contributed by atoms with van der Waals surface area (Å²) in [5, 5.41) is 9.32. The van der Waals surface area contributed by atoms with Gasteiger partial charge in [0, 0.05) is 32.5 Å². The van der Waals surface area contributed by atoms with E-state index >= 15 is 0 Å². The molecule has 3 heterocycles. The summed E-state index contributed by atoms with van der Waals surface area (Å²) >= 11 is 0. The molecule has 3 saturated heterocycles. The molecule has 0 aliphatic carbocycles. The number of ether oxygens (including phenoxy) is 2. The minimum absolute atomic E-state index is 0.0443. The van der Waals surface area contributed by atoms with E-state index in [0.29, 0.717) is 31.9 Å². The van der Waals surface area contributed by atoms with Gasteiger partial charge in [-0.25, -0.2) is 4.79 Å². The van der Waals surface area contributed by atoms with Crippen LogP contribution >= 0.6 is 0 Å². The molecule has 128 valence electrons. The lowest BCUT2D eigenvalue weighted by Gasteiger charge is -2.31. The van der Waals surface area contributed by atoms with Crippen molar-refractivity contribution in [1.29, 1.82) is 0 Å². The number of hydrogen-bond acceptors (Lipinski definition) is 5. The summed E-state index contributed by atoms with van der Waals surface area (Å²) in [7, 11) is 1.46. The maximum atomic E-state index is 12.2. The van der Waals surface area contributed by atoms with Crippen molar-refractivity contribution in [3.8, 4) is 5.75 Å². The first kappa shape index (κ1) is 15.4. The van der Waals surface area contributed by atoms with Gasteiger partial charge in [0.2, 0.25) is 5.91 Å². The second-order valence-electron chi connectivity index (χ2n) is 6.52. The van der Waals surface area contributed by atoms with Crippen LogP contribution in [0.4, 0.5) is 0 Å². The van der Waals surface area contributed by atoms with Crippen LogP contribution in [-0.2, 0) is 16.1 Å². The van der Waals surface area contributed by atoms with E-state index in [-0.39, 0.29) is 17.5 Å². The molecule has 4 rings (SSSR count). The topological polar surface area (TPSA) is 79.3 Å². The number of methoxy groups -OCH3 is 1. The first-order chi connectivity index (χ1) is 11.5. The Morgan fingerprint density at radius 1 is 1.46 bits per heavy atom. The normalized spacial score (nSPS) is 29.0. The first-order valence-electron chi connectivity index (χ1n) is 8.14. The maximum Gasteiger partial charge on any atom is 0.339 e. The molecule has 3 aliphatic rings. The predicted octanol–water partition coefficient (Wildman–Crippen LogP) is 0.927. The molecule has 0 radical (unpaired) electrons. The fourth-order valence-electron chi connectivity index (χ4n) is 4.32. The van der Waals surface area contributed by atoms with Gasteiger partial charge in [0.1, 0.15) is 11.3 Å². The zero-order valence-electron chi connectivity index (χ0n) is 13.5. The molecule has 1 amide bonds. The van der Waals surface area contributed by atoms with E-state index in [2.05, 4.69) is 4.90 Å². The van der Waals surface area contributed by atoms with Gasteiger partial charge >= 0.3 is 5.97 Å². The molecule has 0 unspecified atom stereocenters. The molecule has 1 N–H and O–H groups in total. The molecular formula is C17H20N2O5. The molecule has 24 heavy (non-hydrogen) atoms. The van der Waals surface area contributed by atoms with Crippen molar-refractivity contribution in [2.45, 2.75) is 31.2 Å². The Kier molecular flexibility index (Phi) is 3.51. The summed E-state index contributed by atoms with van der Waals surface area (Å²) in [6.07, 6.45) is 1.29. The van der Waals surface area contributed by atoms with Crippen LogP contribution in [0.25, 0.3) is 0 Å². The minimum atomic E-state index is -1.01. The number of rotatable bonds is 4. The monoisotopic (exact) mass is 332 g/mol. The van der Waals surface area contributed by atoms with E-state index in [1.54, 1.807) is 12.1 Å². The van der Waals surface area contributed by atoms with Gasteiger partial charge in [0.25, 0.3) is 0 Å². The quantitative estimate of drug-likeness (QED) is 0.883. The Hall–Kier alpha value is -2.12. The van der Waals surface area contributed by atoms with Gasteiger partial charge in [-0.05, 0) is 17.7 Å². The van der Waals surface area contributed by atoms with Crippen molar-refractivity contribution in [3.63, 3.8) is 0 Å². The lowest BCUT2D eigenvalue weighted by atomic mass is 10.1. The molecule has 1 aromatic rings. The molecule has 2 atom stereocenters. The van der Waals surface area contributed by atoms with Crippen molar-refractivity contribution >= 4 is 11.9 Å². The number of nitrogens with zero attached hydrogens (tertiary/aromatic N) is 2. The Balaban J connectivity index is 1.58. The van der Waals surface area contributed by atoms with Gasteiger partial charge in [-0.2, -0.15) is 0 Å². The third-order valence-corrected chi connectivity index (χ3v) is 5.39. The van der Waals surface area contributed by atoms with Gasteiger partial charge < -0.3 is 19.5 Å². The zero-order valence-corrected chi connectivity index (χ0v) is 13.5. The molecule has 7 nitrogen and oxygen atoms in total. The summed E-state index contributed by atoms with van der Waals surface area (Å²) in [4.78, 5) is 27.7. The van der Waals surface area contributed by atoms with Gasteiger partial charge in [0.15, 0.2) is 5.72 Å². The number of likely N-dealkylation sites (tertiary alicyclic amines) is 1. The number of carboxylic acid groups (broad SMARTS) is 1. The van der Waals surface area contributed by atoms with Crippen LogP contribution in [0.2, 0.25) is 0 Å². The van der Waals surface area contributed by atoms with Gasteiger partial charge in [-0.1, -0.05) is 6.07 Å². The van der Waals surface area contributed by atoms with Crippen LogP contribution in [0.1, 0.15) is 28.8 Å². The number of aromatic carboxylic acids is 1. The molecule has 0 bridgehead atoms. The first-order valence-corrected chi connectivity index (χ1v) is 8.14. The van der Waals surface area contributed by atoms with Gasteiger partial charge in [0.05, 0.1) is 19.8 Å². The Labute approximate surface area is 139 Å². The SMILES string of the molecule is COc1ccc(CN2CC[C@@]34OCCN3C(=O)C[C@@H]24)cc1C(=O)O. The molecule has 3 fully saturated rings. The number of hydrogen-bond donors (Lipinski definition) is 1. The average Bonchev–Trinajstić information content (AvgIpc) is 3.20. The third-order valence-electron chi connectivity index (χ3n) is 5.39. The summed E-state index contributed by atoms with van der Waals surface area (Å²) in [5.74, 6) is -0.499. The second-order valence-corrected chi connectivity index (χ2v) is 6.52. The summed E-state index contributed by atoms with van der Waals surface area (Å²) < 4.78 is 11.1. The molecular weight excluding hydrogens is 312 g/mol. The number of carboxylic acids is 1. The van der Waals surface area contributed by atoms with Crippen molar-refractivity contribution in [2.75, 3.05) is 26.8 Å². The summed E-state index contributed by atoms with van der Waals surface area (Å²) in [6, 6.07) is 5.25. The summed E-state index contributed by atoms with van der Waals surface area (Å²) in [6.45, 7) is 2.71. The Morgan fingerprint density at radius 2 is 2.29 bits per heavy atom. The minimum Gasteiger partial charge on any atom is -0.496 e. The van der Waals surface area contributed by atoms with Crippen LogP contribution in [-0.4, -0.2) is 65.4 Å². The molecule has 1 aromatic carbocycles. The highest BCUT2D eigenvalue weighted by Crippen LogP contribution is 2.46. The highest BCUT2D eigenvalue weighted by Gasteiger charge is 2.61.